The molecule has 3 heterocycles. The Labute approximate surface area is 92.9 Å². The summed E-state index contributed by atoms with van der Waals surface area (Å²) in [6.07, 6.45) is 2.44. The van der Waals surface area contributed by atoms with Crippen molar-refractivity contribution >= 4 is 5.78 Å². The van der Waals surface area contributed by atoms with Crippen LogP contribution < -0.4 is 0 Å². The molecule has 0 aromatic heterocycles. The molecule has 0 amide bonds. The number of Topliss-reactive ketones (excluding diaryl/α,β-unsaturated/α-hetero) is 1. The zero-order chi connectivity index (χ0) is 10.7. The van der Waals surface area contributed by atoms with Crippen LogP contribution in [0.2, 0.25) is 0 Å². The lowest BCUT2D eigenvalue weighted by Gasteiger charge is -2.43. The first-order chi connectivity index (χ1) is 7.84. The Balaban J connectivity index is 1.76. The van der Waals surface area contributed by atoms with E-state index in [0.717, 1.165) is 25.7 Å². The third-order valence-electron chi connectivity index (χ3n) is 4.17. The van der Waals surface area contributed by atoms with E-state index in [-0.39, 0.29) is 24.0 Å². The van der Waals surface area contributed by atoms with Crippen molar-refractivity contribution in [3.8, 4) is 0 Å². The lowest BCUT2D eigenvalue weighted by Crippen LogP contribution is -2.58. The van der Waals surface area contributed by atoms with Crippen molar-refractivity contribution in [2.45, 2.75) is 50.5 Å². The fourth-order valence-corrected chi connectivity index (χ4v) is 3.37. The molecule has 0 spiro atoms. The molecular formula is C11H14O5. The van der Waals surface area contributed by atoms with Gasteiger partial charge in [0.25, 0.3) is 0 Å². The highest BCUT2D eigenvalue weighted by Crippen LogP contribution is 2.45. The fraction of sp³-hybridized carbons (Fsp3) is 0.909. The molecule has 4 rings (SSSR count). The number of hydrogen-bond acceptors (Lipinski definition) is 5. The van der Waals surface area contributed by atoms with Gasteiger partial charge < -0.3 is 9.47 Å². The molecule has 0 N–H and O–H groups in total. The first kappa shape index (κ1) is 9.53. The van der Waals surface area contributed by atoms with Crippen LogP contribution >= 0.6 is 0 Å². The second-order valence-electron chi connectivity index (χ2n) is 5.03. The third-order valence-corrected chi connectivity index (χ3v) is 4.17. The molecule has 5 heteroatoms. The van der Waals surface area contributed by atoms with Gasteiger partial charge in [0.1, 0.15) is 18.0 Å². The van der Waals surface area contributed by atoms with Gasteiger partial charge in [0, 0.05) is 11.8 Å². The minimum atomic E-state index is -0.505. The smallest absolute Gasteiger partial charge is 0.221 e. The highest BCUT2D eigenvalue weighted by molar-refractivity contribution is 5.85. The van der Waals surface area contributed by atoms with Crippen LogP contribution in [0.4, 0.5) is 0 Å². The topological polar surface area (TPSA) is 54.0 Å². The molecular weight excluding hydrogens is 212 g/mol. The number of ether oxygens (including phenoxy) is 2. The van der Waals surface area contributed by atoms with Crippen molar-refractivity contribution in [3.05, 3.63) is 0 Å². The van der Waals surface area contributed by atoms with Gasteiger partial charge in [-0.2, -0.15) is 9.78 Å². The molecule has 6 bridgehead atoms. The zero-order valence-electron chi connectivity index (χ0n) is 8.83. The molecule has 4 fully saturated rings. The minimum absolute atomic E-state index is 0.0589. The van der Waals surface area contributed by atoms with Gasteiger partial charge in [-0.05, 0) is 12.8 Å². The molecule has 5 nitrogen and oxygen atoms in total. The van der Waals surface area contributed by atoms with Crippen molar-refractivity contribution < 1.29 is 24.0 Å². The summed E-state index contributed by atoms with van der Waals surface area (Å²) in [5, 5.41) is 0. The summed E-state index contributed by atoms with van der Waals surface area (Å²) < 4.78 is 11.5. The van der Waals surface area contributed by atoms with E-state index in [1.165, 1.54) is 0 Å². The van der Waals surface area contributed by atoms with Crippen LogP contribution in [0.3, 0.4) is 0 Å². The fourth-order valence-electron chi connectivity index (χ4n) is 3.37. The standard InChI is InChI=1S/C11H14O5/c12-7-5-3-1-2-4-6(7)9-11-14-10(15-16-11)8(5)13-9/h5-6,8-11H,1-4H2/t5-,6+,8-,9+,10-,11+. The lowest BCUT2D eigenvalue weighted by molar-refractivity contribution is -0.293. The maximum Gasteiger partial charge on any atom is 0.221 e. The van der Waals surface area contributed by atoms with Crippen molar-refractivity contribution in [1.29, 1.82) is 0 Å². The number of rotatable bonds is 0. The van der Waals surface area contributed by atoms with Crippen LogP contribution in [-0.4, -0.2) is 30.6 Å². The molecule has 0 aromatic rings. The van der Waals surface area contributed by atoms with Gasteiger partial charge in [0.05, 0.1) is 0 Å². The van der Waals surface area contributed by atoms with E-state index in [0.29, 0.717) is 5.78 Å². The van der Waals surface area contributed by atoms with Gasteiger partial charge in [-0.25, -0.2) is 0 Å². The normalized spacial score (nSPS) is 54.9. The number of carbonyl (C=O) groups is 1. The first-order valence-corrected chi connectivity index (χ1v) is 6.01. The second-order valence-corrected chi connectivity index (χ2v) is 5.03. The SMILES string of the molecule is O=C1[C@H]2CCCC[C@@H]1[C@@H]1O[C@H]2[C@H]2OO[C@@H]1O2. The minimum Gasteiger partial charge on any atom is -0.363 e. The van der Waals surface area contributed by atoms with E-state index < -0.39 is 12.6 Å². The van der Waals surface area contributed by atoms with Gasteiger partial charge in [0.2, 0.25) is 12.6 Å². The van der Waals surface area contributed by atoms with Crippen molar-refractivity contribution in [2.75, 3.05) is 0 Å². The molecule has 16 heavy (non-hydrogen) atoms. The number of carbonyl (C=O) groups excluding carboxylic acids is 1. The maximum absolute atomic E-state index is 12.3. The van der Waals surface area contributed by atoms with Gasteiger partial charge >= 0.3 is 0 Å². The Morgan fingerprint density at radius 2 is 1.44 bits per heavy atom. The van der Waals surface area contributed by atoms with Gasteiger partial charge in [0.15, 0.2) is 0 Å². The van der Waals surface area contributed by atoms with Gasteiger partial charge in [-0.1, -0.05) is 12.8 Å². The largest absolute Gasteiger partial charge is 0.363 e. The summed E-state index contributed by atoms with van der Waals surface area (Å²) in [6.45, 7) is 0. The van der Waals surface area contributed by atoms with Crippen LogP contribution in [-0.2, 0) is 24.0 Å². The Morgan fingerprint density at radius 1 is 0.875 bits per heavy atom. The van der Waals surface area contributed by atoms with E-state index in [1.807, 2.05) is 0 Å². The van der Waals surface area contributed by atoms with Crippen molar-refractivity contribution in [1.82, 2.24) is 0 Å². The quantitative estimate of drug-likeness (QED) is 0.571. The zero-order valence-corrected chi connectivity index (χ0v) is 8.83. The third kappa shape index (κ3) is 1.12. The van der Waals surface area contributed by atoms with E-state index in [2.05, 4.69) is 0 Å². The molecule has 3 aliphatic heterocycles. The summed E-state index contributed by atoms with van der Waals surface area (Å²) in [5.41, 5.74) is 0. The molecule has 0 radical (unpaired) electrons. The van der Waals surface area contributed by atoms with Crippen LogP contribution in [0.25, 0.3) is 0 Å². The Kier molecular flexibility index (Phi) is 1.94. The average molecular weight is 226 g/mol. The average Bonchev–Trinajstić information content (AvgIpc) is 2.64. The van der Waals surface area contributed by atoms with Crippen molar-refractivity contribution in [3.63, 3.8) is 0 Å². The maximum atomic E-state index is 12.3. The molecule has 6 atom stereocenters. The van der Waals surface area contributed by atoms with E-state index in [9.17, 15) is 4.79 Å². The van der Waals surface area contributed by atoms with Crippen LogP contribution in [0.15, 0.2) is 0 Å². The summed E-state index contributed by atoms with van der Waals surface area (Å²) in [7, 11) is 0. The van der Waals surface area contributed by atoms with E-state index in [4.69, 9.17) is 19.2 Å². The lowest BCUT2D eigenvalue weighted by atomic mass is 9.80. The van der Waals surface area contributed by atoms with Crippen molar-refractivity contribution in [2.24, 2.45) is 11.8 Å². The number of hydrogen-bond donors (Lipinski definition) is 0. The highest BCUT2D eigenvalue weighted by Gasteiger charge is 2.59. The summed E-state index contributed by atoms with van der Waals surface area (Å²) >= 11 is 0. The predicted molar refractivity (Wildman–Crippen MR) is 49.9 cm³/mol. The number of fused-ring (bicyclic) bond motifs is 10. The van der Waals surface area contributed by atoms with Crippen LogP contribution in [0, 0.1) is 11.8 Å². The molecule has 1 saturated carbocycles. The summed E-state index contributed by atoms with van der Waals surface area (Å²) in [5.74, 6) is 0.221. The predicted octanol–water partition coefficient (Wildman–Crippen LogP) is 0.773. The first-order valence-electron chi connectivity index (χ1n) is 6.01. The Morgan fingerprint density at radius 3 is 2.00 bits per heavy atom. The van der Waals surface area contributed by atoms with Crippen LogP contribution in [0.1, 0.15) is 25.7 Å². The Bertz CT molecular complexity index is 302. The highest BCUT2D eigenvalue weighted by atomic mass is 17.3. The molecule has 0 aromatic carbocycles. The van der Waals surface area contributed by atoms with Gasteiger partial charge in [-0.3, -0.25) is 4.79 Å². The summed E-state index contributed by atoms with van der Waals surface area (Å²) in [6, 6.07) is 0. The molecule has 4 aliphatic rings. The summed E-state index contributed by atoms with van der Waals surface area (Å²) in [4.78, 5) is 22.5. The molecule has 1 aliphatic carbocycles. The van der Waals surface area contributed by atoms with Crippen LogP contribution in [0.5, 0.6) is 0 Å². The molecule has 0 unspecified atom stereocenters. The van der Waals surface area contributed by atoms with E-state index >= 15 is 0 Å². The number of ketones is 1. The molecule has 3 saturated heterocycles. The van der Waals surface area contributed by atoms with Gasteiger partial charge in [-0.15, -0.1) is 0 Å². The Hall–Kier alpha value is -0.490. The second kappa shape index (κ2) is 3.26. The monoisotopic (exact) mass is 226 g/mol. The van der Waals surface area contributed by atoms with E-state index in [1.54, 1.807) is 0 Å². The molecule has 88 valence electrons.